The van der Waals surface area contributed by atoms with E-state index in [9.17, 15) is 8.42 Å². The molecule has 0 saturated carbocycles. The van der Waals surface area contributed by atoms with E-state index in [1.807, 2.05) is 13.8 Å². The fourth-order valence-corrected chi connectivity index (χ4v) is 4.86. The van der Waals surface area contributed by atoms with Crippen LogP contribution in [-0.4, -0.2) is 8.42 Å². The first-order valence-corrected chi connectivity index (χ1v) is 9.40. The number of hydrogen-bond acceptors (Lipinski definition) is 2. The lowest BCUT2D eigenvalue weighted by Gasteiger charge is -2.12. The van der Waals surface area contributed by atoms with Crippen LogP contribution in [0.3, 0.4) is 0 Å². The lowest BCUT2D eigenvalue weighted by Crippen LogP contribution is -2.14. The zero-order valence-electron chi connectivity index (χ0n) is 11.2. The van der Waals surface area contributed by atoms with Crippen LogP contribution < -0.4 is 4.72 Å². The fourth-order valence-electron chi connectivity index (χ4n) is 1.75. The van der Waals surface area contributed by atoms with Crippen LogP contribution in [0.5, 0.6) is 0 Å². The van der Waals surface area contributed by atoms with Crippen molar-refractivity contribution in [2.45, 2.75) is 18.7 Å². The molecule has 0 unspecified atom stereocenters. The number of hydrogen-bond donors (Lipinski definition) is 1. The summed E-state index contributed by atoms with van der Waals surface area (Å²) in [4.78, 5) is 0.177. The Morgan fingerprint density at radius 3 is 2.33 bits per heavy atom. The largest absolute Gasteiger partial charge is 0.278 e. The van der Waals surface area contributed by atoms with Crippen molar-refractivity contribution in [3.63, 3.8) is 0 Å². The zero-order chi connectivity index (χ0) is 15.8. The predicted molar refractivity (Wildman–Crippen MR) is 93.6 cm³/mol. The highest BCUT2D eigenvalue weighted by Crippen LogP contribution is 2.32. The average Bonchev–Trinajstić information content (AvgIpc) is 2.35. The van der Waals surface area contributed by atoms with Crippen LogP contribution in [-0.2, 0) is 10.0 Å². The molecule has 2 aromatic rings. The molecule has 0 aliphatic heterocycles. The predicted octanol–water partition coefficient (Wildman–Crippen LogP) is 5.28. The Balaban J connectivity index is 2.45. The van der Waals surface area contributed by atoms with E-state index in [0.717, 1.165) is 11.1 Å². The van der Waals surface area contributed by atoms with Gasteiger partial charge < -0.3 is 0 Å². The summed E-state index contributed by atoms with van der Waals surface area (Å²) in [6, 6.07) is 8.42. The average molecular weight is 454 g/mol. The van der Waals surface area contributed by atoms with E-state index < -0.39 is 10.0 Å². The van der Waals surface area contributed by atoms with Crippen molar-refractivity contribution in [3.05, 3.63) is 55.4 Å². The molecule has 0 aromatic heterocycles. The van der Waals surface area contributed by atoms with Crippen molar-refractivity contribution in [2.24, 2.45) is 0 Å². The lowest BCUT2D eigenvalue weighted by atomic mass is 10.2. The maximum absolute atomic E-state index is 12.5. The normalized spacial score (nSPS) is 11.5. The first-order chi connectivity index (χ1) is 9.70. The topological polar surface area (TPSA) is 46.2 Å². The highest BCUT2D eigenvalue weighted by atomic mass is 79.9. The van der Waals surface area contributed by atoms with Gasteiger partial charge in [-0.3, -0.25) is 4.72 Å². The van der Waals surface area contributed by atoms with Gasteiger partial charge in [0.25, 0.3) is 10.0 Å². The van der Waals surface area contributed by atoms with E-state index >= 15 is 0 Å². The van der Waals surface area contributed by atoms with Gasteiger partial charge in [0.15, 0.2) is 0 Å². The summed E-state index contributed by atoms with van der Waals surface area (Å²) in [5, 5.41) is 0.499. The van der Waals surface area contributed by atoms with E-state index in [1.165, 1.54) is 0 Å². The minimum atomic E-state index is -3.70. The van der Waals surface area contributed by atoms with Crippen molar-refractivity contribution < 1.29 is 8.42 Å². The standard InChI is InChI=1S/C14H12Br2ClNO2S/c1-8-3-4-14(11(16)5-8)21(19,20)18-13-7-12(17)9(2)6-10(13)15/h3-7,18H,1-2H3. The van der Waals surface area contributed by atoms with Gasteiger partial charge in [0.05, 0.1) is 5.69 Å². The summed E-state index contributed by atoms with van der Waals surface area (Å²) >= 11 is 12.7. The second-order valence-corrected chi connectivity index (χ2v) is 8.39. The van der Waals surface area contributed by atoms with E-state index in [0.29, 0.717) is 19.7 Å². The third-order valence-electron chi connectivity index (χ3n) is 2.87. The number of sulfonamides is 1. The summed E-state index contributed by atoms with van der Waals surface area (Å²) < 4.78 is 28.6. The number of rotatable bonds is 3. The van der Waals surface area contributed by atoms with Gasteiger partial charge in [-0.25, -0.2) is 8.42 Å². The molecule has 0 saturated heterocycles. The zero-order valence-corrected chi connectivity index (χ0v) is 16.0. The molecule has 0 radical (unpaired) electrons. The Labute approximate surface area is 146 Å². The van der Waals surface area contributed by atoms with Crippen LogP contribution in [0.15, 0.2) is 44.2 Å². The van der Waals surface area contributed by atoms with Gasteiger partial charge >= 0.3 is 0 Å². The Bertz CT molecular complexity index is 807. The van der Waals surface area contributed by atoms with E-state index in [4.69, 9.17) is 11.6 Å². The Morgan fingerprint density at radius 2 is 1.71 bits per heavy atom. The van der Waals surface area contributed by atoms with Gasteiger partial charge in [0, 0.05) is 14.0 Å². The summed E-state index contributed by atoms with van der Waals surface area (Å²) in [5.41, 5.74) is 2.24. The summed E-state index contributed by atoms with van der Waals surface area (Å²) in [7, 11) is -3.70. The molecule has 7 heteroatoms. The van der Waals surface area contributed by atoms with E-state index in [-0.39, 0.29) is 4.90 Å². The number of halogens is 3. The smallest absolute Gasteiger partial charge is 0.263 e. The molecule has 0 aliphatic rings. The van der Waals surface area contributed by atoms with Crippen LogP contribution >= 0.6 is 43.5 Å². The summed E-state index contributed by atoms with van der Waals surface area (Å²) in [6.45, 7) is 3.74. The third kappa shape index (κ3) is 3.80. The van der Waals surface area contributed by atoms with Gasteiger partial charge in [-0.15, -0.1) is 0 Å². The Hall–Kier alpha value is -0.560. The molecule has 2 aromatic carbocycles. The van der Waals surface area contributed by atoms with E-state index in [2.05, 4.69) is 36.6 Å². The second-order valence-electron chi connectivity index (χ2n) is 4.62. The molecule has 21 heavy (non-hydrogen) atoms. The molecule has 0 atom stereocenters. The van der Waals surface area contributed by atoms with Gasteiger partial charge in [-0.2, -0.15) is 0 Å². The lowest BCUT2D eigenvalue weighted by molar-refractivity contribution is 0.600. The quantitative estimate of drug-likeness (QED) is 0.687. The van der Waals surface area contributed by atoms with Crippen LogP contribution in [0.2, 0.25) is 5.02 Å². The maximum atomic E-state index is 12.5. The third-order valence-corrected chi connectivity index (χ3v) is 6.28. The molecular formula is C14H12Br2ClNO2S. The number of aryl methyl sites for hydroxylation is 2. The maximum Gasteiger partial charge on any atom is 0.263 e. The fraction of sp³-hybridized carbons (Fsp3) is 0.143. The molecule has 0 heterocycles. The first-order valence-electron chi connectivity index (χ1n) is 5.95. The molecule has 0 amide bonds. The minimum absolute atomic E-state index is 0.177. The molecule has 0 fully saturated rings. The molecular weight excluding hydrogens is 441 g/mol. The van der Waals surface area contributed by atoms with Crippen LogP contribution in [0.4, 0.5) is 5.69 Å². The number of benzene rings is 2. The van der Waals surface area contributed by atoms with Gasteiger partial charge in [-0.1, -0.05) is 17.7 Å². The van der Waals surface area contributed by atoms with Gasteiger partial charge in [0.2, 0.25) is 0 Å². The molecule has 0 bridgehead atoms. The van der Waals surface area contributed by atoms with Crippen molar-refractivity contribution in [1.82, 2.24) is 0 Å². The summed E-state index contributed by atoms with van der Waals surface area (Å²) in [6.07, 6.45) is 0. The monoisotopic (exact) mass is 451 g/mol. The van der Waals surface area contributed by atoms with Crippen molar-refractivity contribution in [3.8, 4) is 0 Å². The molecule has 0 spiro atoms. The first kappa shape index (κ1) is 16.8. The minimum Gasteiger partial charge on any atom is -0.278 e. The molecule has 0 aliphatic carbocycles. The Morgan fingerprint density at radius 1 is 1.05 bits per heavy atom. The highest BCUT2D eigenvalue weighted by Gasteiger charge is 2.19. The van der Waals surface area contributed by atoms with Crippen LogP contribution in [0.1, 0.15) is 11.1 Å². The molecule has 3 nitrogen and oxygen atoms in total. The number of nitrogens with one attached hydrogen (secondary N) is 1. The second kappa shape index (κ2) is 6.28. The van der Waals surface area contributed by atoms with Crippen molar-refractivity contribution in [1.29, 1.82) is 0 Å². The molecule has 1 N–H and O–H groups in total. The summed E-state index contributed by atoms with van der Waals surface area (Å²) in [5.74, 6) is 0. The molecule has 112 valence electrons. The highest BCUT2D eigenvalue weighted by molar-refractivity contribution is 9.11. The van der Waals surface area contributed by atoms with Crippen LogP contribution in [0.25, 0.3) is 0 Å². The van der Waals surface area contributed by atoms with Gasteiger partial charge in [-0.05, 0) is 81.1 Å². The Kier molecular flexibility index (Phi) is 5.03. The number of anilines is 1. The SMILES string of the molecule is Cc1ccc(S(=O)(=O)Nc2cc(Cl)c(C)cc2Br)c(Br)c1. The molecule has 2 rings (SSSR count). The van der Waals surface area contributed by atoms with Gasteiger partial charge in [0.1, 0.15) is 4.90 Å². The van der Waals surface area contributed by atoms with Crippen molar-refractivity contribution >= 4 is 59.2 Å². The van der Waals surface area contributed by atoms with Crippen molar-refractivity contribution in [2.75, 3.05) is 4.72 Å². The van der Waals surface area contributed by atoms with E-state index in [1.54, 1.807) is 30.3 Å². The van der Waals surface area contributed by atoms with Crippen LogP contribution in [0, 0.1) is 13.8 Å².